The topological polar surface area (TPSA) is 32.3 Å². The zero-order valence-corrected chi connectivity index (χ0v) is 7.26. The molecule has 1 N–H and O–H groups in total. The van der Waals surface area contributed by atoms with E-state index in [-0.39, 0.29) is 7.33 Å². The summed E-state index contributed by atoms with van der Waals surface area (Å²) in [7, 11) is 1.86. The highest BCUT2D eigenvalue weighted by Crippen LogP contribution is 2.07. The number of likely N-dealkylation sites (tertiary alicyclic amines) is 1. The highest BCUT2D eigenvalue weighted by Gasteiger charge is 2.25. The second-order valence-corrected chi connectivity index (χ2v) is 3.13. The lowest BCUT2D eigenvalue weighted by Crippen LogP contribution is -2.31. The molecule has 0 saturated carbocycles. The van der Waals surface area contributed by atoms with Crippen LogP contribution in [-0.4, -0.2) is 37.0 Å². The summed E-state index contributed by atoms with van der Waals surface area (Å²) in [6.45, 7) is 4.03. The Balaban J connectivity index is 0.00000121. The molecule has 0 bridgehead atoms. The first-order valence-electron chi connectivity index (χ1n) is 4.21. The third kappa shape index (κ3) is 2.19. The van der Waals surface area contributed by atoms with Crippen LogP contribution in [-0.2, 0) is 4.79 Å². The van der Waals surface area contributed by atoms with E-state index in [4.69, 9.17) is 0 Å². The van der Waals surface area contributed by atoms with Crippen molar-refractivity contribution in [2.24, 2.45) is 0 Å². The highest BCUT2D eigenvalue weighted by molar-refractivity contribution is 5.78. The van der Waals surface area contributed by atoms with E-state index in [1.54, 1.807) is 4.90 Å². The van der Waals surface area contributed by atoms with E-state index in [0.29, 0.717) is 12.5 Å². The summed E-state index contributed by atoms with van der Waals surface area (Å²) < 4.78 is 0. The van der Waals surface area contributed by atoms with Gasteiger partial charge in [0.05, 0.1) is 0 Å². The second-order valence-electron chi connectivity index (χ2n) is 3.13. The average molecular weight is 158 g/mol. The minimum absolute atomic E-state index is 0. The van der Waals surface area contributed by atoms with Crippen molar-refractivity contribution < 1.29 is 6.22 Å². The molecule has 1 saturated heterocycles. The van der Waals surface area contributed by atoms with Crippen LogP contribution in [0.2, 0.25) is 0 Å². The first kappa shape index (κ1) is 8.53. The van der Waals surface area contributed by atoms with Gasteiger partial charge in [-0.25, -0.2) is 0 Å². The van der Waals surface area contributed by atoms with Crippen molar-refractivity contribution in [2.45, 2.75) is 25.8 Å². The van der Waals surface area contributed by atoms with Crippen LogP contribution in [0, 0.1) is 0 Å². The van der Waals surface area contributed by atoms with Gasteiger partial charge in [0.1, 0.15) is 0 Å². The number of likely N-dealkylation sites (N-methyl/N-ethyl adjacent to an activating group) is 1. The Labute approximate surface area is 69.2 Å². The summed E-state index contributed by atoms with van der Waals surface area (Å²) in [5, 5.41) is 3.33. The molecular formula is C8H18N2O. The fraction of sp³-hybridized carbons (Fsp3) is 0.875. The number of carbonyl (C=O) groups is 1. The third-order valence-corrected chi connectivity index (χ3v) is 2.02. The fourth-order valence-electron chi connectivity index (χ4n) is 1.35. The van der Waals surface area contributed by atoms with Gasteiger partial charge in [0.2, 0.25) is 5.91 Å². The van der Waals surface area contributed by atoms with E-state index < -0.39 is 0 Å². The highest BCUT2D eigenvalue weighted by atomic mass is 16.2. The van der Waals surface area contributed by atoms with Crippen LogP contribution in [0.15, 0.2) is 0 Å². The van der Waals surface area contributed by atoms with Gasteiger partial charge < -0.3 is 10.2 Å². The van der Waals surface area contributed by atoms with Crippen molar-refractivity contribution in [3.05, 3.63) is 0 Å². The van der Waals surface area contributed by atoms with Crippen molar-refractivity contribution in [1.29, 1.82) is 0 Å². The zero-order valence-electron chi connectivity index (χ0n) is 7.26. The molecule has 1 heterocycles. The SMILES string of the molecule is CCCNC1CC(=O)N(C)C1.[HH]. The van der Waals surface area contributed by atoms with Crippen LogP contribution in [0.4, 0.5) is 0 Å². The molecule has 0 aromatic heterocycles. The Morgan fingerprint density at radius 3 is 3.00 bits per heavy atom. The van der Waals surface area contributed by atoms with Crippen molar-refractivity contribution in [1.82, 2.24) is 10.2 Å². The smallest absolute Gasteiger partial charge is 0.224 e. The van der Waals surface area contributed by atoms with E-state index >= 15 is 0 Å². The monoisotopic (exact) mass is 158 g/mol. The zero-order chi connectivity index (χ0) is 8.27. The van der Waals surface area contributed by atoms with Gasteiger partial charge in [-0.15, -0.1) is 0 Å². The molecule has 66 valence electrons. The summed E-state index contributed by atoms with van der Waals surface area (Å²) in [6.07, 6.45) is 1.81. The van der Waals surface area contributed by atoms with Gasteiger partial charge in [0.25, 0.3) is 0 Å². The number of hydrogen-bond acceptors (Lipinski definition) is 2. The van der Waals surface area contributed by atoms with Gasteiger partial charge in [-0.05, 0) is 13.0 Å². The van der Waals surface area contributed by atoms with Gasteiger partial charge in [0, 0.05) is 27.5 Å². The summed E-state index contributed by atoms with van der Waals surface area (Å²) in [4.78, 5) is 12.8. The quantitative estimate of drug-likeness (QED) is 0.647. The van der Waals surface area contributed by atoms with Crippen LogP contribution in [0.25, 0.3) is 0 Å². The molecule has 3 heteroatoms. The lowest BCUT2D eigenvalue weighted by atomic mass is 10.2. The van der Waals surface area contributed by atoms with Gasteiger partial charge in [-0.1, -0.05) is 6.92 Å². The lowest BCUT2D eigenvalue weighted by Gasteiger charge is -2.10. The molecule has 1 atom stereocenters. The number of carbonyl (C=O) groups excluding carboxylic acids is 1. The summed E-state index contributed by atoms with van der Waals surface area (Å²) in [5.41, 5.74) is 0. The van der Waals surface area contributed by atoms with Crippen LogP contribution in [0.5, 0.6) is 0 Å². The van der Waals surface area contributed by atoms with Gasteiger partial charge in [0.15, 0.2) is 0 Å². The normalized spacial score (nSPS) is 24.7. The molecule has 0 aliphatic carbocycles. The molecule has 1 aliphatic rings. The molecule has 3 nitrogen and oxygen atoms in total. The first-order chi connectivity index (χ1) is 5.24. The molecule has 11 heavy (non-hydrogen) atoms. The number of nitrogens with zero attached hydrogens (tertiary/aromatic N) is 1. The Bertz CT molecular complexity index is 152. The molecule has 1 fully saturated rings. The summed E-state index contributed by atoms with van der Waals surface area (Å²) >= 11 is 0. The van der Waals surface area contributed by atoms with Crippen LogP contribution >= 0.6 is 0 Å². The molecule has 0 aromatic carbocycles. The van der Waals surface area contributed by atoms with Crippen molar-refractivity contribution in [3.63, 3.8) is 0 Å². The number of hydrogen-bond donors (Lipinski definition) is 1. The van der Waals surface area contributed by atoms with Gasteiger partial charge in [-0.2, -0.15) is 0 Å². The average Bonchev–Trinajstić information content (AvgIpc) is 2.28. The molecule has 0 radical (unpaired) electrons. The molecule has 1 amide bonds. The maximum atomic E-state index is 11.0. The fourth-order valence-corrected chi connectivity index (χ4v) is 1.35. The van der Waals surface area contributed by atoms with E-state index in [0.717, 1.165) is 19.5 Å². The molecule has 1 rings (SSSR count). The number of nitrogens with one attached hydrogen (secondary N) is 1. The standard InChI is InChI=1S/C8H16N2O.H2/c1-3-4-9-7-5-8(11)10(2)6-7;/h7,9H,3-6H2,1-2H3;1H. The second kappa shape index (κ2) is 3.72. The molecular weight excluding hydrogens is 140 g/mol. The molecule has 1 aliphatic heterocycles. The third-order valence-electron chi connectivity index (χ3n) is 2.02. The maximum absolute atomic E-state index is 11.0. The van der Waals surface area contributed by atoms with Crippen LogP contribution in [0.1, 0.15) is 21.2 Å². The van der Waals surface area contributed by atoms with Gasteiger partial charge in [-0.3, -0.25) is 4.79 Å². The van der Waals surface area contributed by atoms with E-state index in [1.807, 2.05) is 7.05 Å². The maximum Gasteiger partial charge on any atom is 0.224 e. The summed E-state index contributed by atoms with van der Waals surface area (Å²) in [6, 6.07) is 0.396. The van der Waals surface area contributed by atoms with E-state index in [2.05, 4.69) is 12.2 Å². The Hall–Kier alpha value is -0.570. The molecule has 0 aromatic rings. The van der Waals surface area contributed by atoms with Crippen molar-refractivity contribution >= 4 is 5.91 Å². The predicted octanol–water partition coefficient (Wildman–Crippen LogP) is 0.463. The Morgan fingerprint density at radius 1 is 1.82 bits per heavy atom. The van der Waals surface area contributed by atoms with E-state index in [9.17, 15) is 4.79 Å². The molecule has 0 spiro atoms. The van der Waals surface area contributed by atoms with Crippen molar-refractivity contribution in [2.75, 3.05) is 20.1 Å². The minimum atomic E-state index is 0. The van der Waals surface area contributed by atoms with E-state index in [1.165, 1.54) is 0 Å². The predicted molar refractivity (Wildman–Crippen MR) is 46.4 cm³/mol. The Morgan fingerprint density at radius 2 is 2.55 bits per heavy atom. The van der Waals surface area contributed by atoms with Crippen LogP contribution in [0.3, 0.4) is 0 Å². The lowest BCUT2D eigenvalue weighted by molar-refractivity contribution is -0.126. The minimum Gasteiger partial charge on any atom is -0.344 e. The number of amides is 1. The van der Waals surface area contributed by atoms with Crippen molar-refractivity contribution in [3.8, 4) is 0 Å². The van der Waals surface area contributed by atoms with Crippen LogP contribution < -0.4 is 5.32 Å². The Kier molecular flexibility index (Phi) is 2.88. The molecule has 1 unspecified atom stereocenters. The number of rotatable bonds is 3. The van der Waals surface area contributed by atoms with Gasteiger partial charge >= 0.3 is 0 Å². The first-order valence-corrected chi connectivity index (χ1v) is 4.21. The largest absolute Gasteiger partial charge is 0.344 e. The summed E-state index contributed by atoms with van der Waals surface area (Å²) in [5.74, 6) is 0.263.